The second-order valence-corrected chi connectivity index (χ2v) is 15.4. The predicted octanol–water partition coefficient (Wildman–Crippen LogP) is 7.40. The predicted molar refractivity (Wildman–Crippen MR) is 211 cm³/mol. The highest BCUT2D eigenvalue weighted by molar-refractivity contribution is 6.60. The third-order valence-electron chi connectivity index (χ3n) is 9.08. The number of hydrogen-bond acceptors (Lipinski definition) is 10. The lowest BCUT2D eigenvalue weighted by atomic mass is 9.92. The highest BCUT2D eigenvalue weighted by atomic mass is 28.4. The number of nitrogens with one attached hydrogen (secondary N) is 2. The highest BCUT2D eigenvalue weighted by Crippen LogP contribution is 2.36. The molecule has 0 bridgehead atoms. The van der Waals surface area contributed by atoms with Gasteiger partial charge in [-0.05, 0) is 93.9 Å². The zero-order chi connectivity index (χ0) is 37.0. The topological polar surface area (TPSA) is 118 Å². The Labute approximate surface area is 312 Å². The summed E-state index contributed by atoms with van der Waals surface area (Å²) in [5.74, 6) is -0.682. The zero-order valence-electron chi connectivity index (χ0n) is 30.7. The van der Waals surface area contributed by atoms with E-state index in [0.29, 0.717) is 74.2 Å². The summed E-state index contributed by atoms with van der Waals surface area (Å²) < 4.78 is 18.0. The van der Waals surface area contributed by atoms with E-state index in [1.54, 1.807) is 6.07 Å². The maximum Gasteiger partial charge on any atom is 0.500 e. The Morgan fingerprint density at radius 3 is 1.89 bits per heavy atom. The smallest absolute Gasteiger partial charge is 0.385 e. The van der Waals surface area contributed by atoms with Crippen LogP contribution in [-0.2, 0) is 26.4 Å². The van der Waals surface area contributed by atoms with Crippen LogP contribution < -0.4 is 15.5 Å². The maximum atomic E-state index is 13.9. The Morgan fingerprint density at radius 1 is 0.679 bits per heavy atom. The average molecular weight is 733 g/mol. The molecule has 0 atom stereocenters. The molecule has 0 saturated carbocycles. The minimum absolute atomic E-state index is 0.341. The highest BCUT2D eigenvalue weighted by Gasteiger charge is 2.39. The Morgan fingerprint density at radius 2 is 1.30 bits per heavy atom. The van der Waals surface area contributed by atoms with Crippen molar-refractivity contribution in [2.45, 2.75) is 46.3 Å². The van der Waals surface area contributed by atoms with Gasteiger partial charge in [0.1, 0.15) is 0 Å². The summed E-state index contributed by atoms with van der Waals surface area (Å²) >= 11 is 0. The fraction of sp³-hybridized carbons (Fsp3) is 0.317. The molecule has 0 unspecified atom stereocenters. The fourth-order valence-electron chi connectivity index (χ4n) is 6.76. The van der Waals surface area contributed by atoms with E-state index in [9.17, 15) is 9.59 Å². The summed E-state index contributed by atoms with van der Waals surface area (Å²) in [6.45, 7) is 11.0. The van der Waals surface area contributed by atoms with Crippen LogP contribution in [0.2, 0.25) is 6.04 Å². The molecule has 0 aliphatic carbocycles. The molecule has 12 heteroatoms. The first-order valence-corrected chi connectivity index (χ1v) is 20.3. The van der Waals surface area contributed by atoms with Crippen LogP contribution in [-0.4, -0.2) is 74.9 Å². The van der Waals surface area contributed by atoms with Gasteiger partial charge in [-0.1, -0.05) is 24.3 Å². The van der Waals surface area contributed by atoms with E-state index in [0.717, 1.165) is 41.1 Å². The number of amides is 2. The number of aromatic nitrogens is 2. The van der Waals surface area contributed by atoms with Crippen LogP contribution in [0, 0.1) is 0 Å². The Hall–Kier alpha value is -4.98. The number of pyridine rings is 2. The summed E-state index contributed by atoms with van der Waals surface area (Å²) in [6.07, 6.45) is 4.40. The summed E-state index contributed by atoms with van der Waals surface area (Å²) in [7, 11) is -2.75. The first kappa shape index (κ1) is 37.8. The molecule has 2 N–H and O–H groups in total. The number of hydrogen-bond donors (Lipinski definition) is 2. The molecule has 0 radical (unpaired) electrons. The van der Waals surface area contributed by atoms with Crippen LogP contribution in [0.15, 0.2) is 103 Å². The lowest BCUT2D eigenvalue weighted by Gasteiger charge is -2.29. The van der Waals surface area contributed by atoms with Gasteiger partial charge >= 0.3 is 8.80 Å². The lowest BCUT2D eigenvalue weighted by Crippen LogP contribution is -2.46. The Balaban J connectivity index is 1.10. The summed E-state index contributed by atoms with van der Waals surface area (Å²) in [6, 6.07) is 29.4. The molecule has 1 aliphatic rings. The van der Waals surface area contributed by atoms with E-state index >= 15 is 0 Å². The third kappa shape index (κ3) is 9.16. The molecule has 6 rings (SSSR count). The SMILES string of the molecule is CCO[Si](CCCNc1ccc2c3c(cccc13)C(=O)N(c1ccc(NCCN(Cc3ccccn3)Cc3ccccn3)cc1)C2=O)(OCC)OCC. The minimum Gasteiger partial charge on any atom is -0.385 e. The van der Waals surface area contributed by atoms with Gasteiger partial charge in [0.2, 0.25) is 0 Å². The van der Waals surface area contributed by atoms with Crippen molar-refractivity contribution in [2.75, 3.05) is 55.0 Å². The normalized spacial score (nSPS) is 12.9. The second-order valence-electron chi connectivity index (χ2n) is 12.7. The molecule has 2 amide bonds. The van der Waals surface area contributed by atoms with Gasteiger partial charge in [-0.3, -0.25) is 24.5 Å². The van der Waals surface area contributed by atoms with E-state index < -0.39 is 8.80 Å². The van der Waals surface area contributed by atoms with Crippen molar-refractivity contribution in [3.8, 4) is 0 Å². The molecule has 3 aromatic carbocycles. The largest absolute Gasteiger partial charge is 0.500 e. The fourth-order valence-corrected chi connectivity index (χ4v) is 9.37. The maximum absolute atomic E-state index is 13.9. The lowest BCUT2D eigenvalue weighted by molar-refractivity contribution is 0.0710. The van der Waals surface area contributed by atoms with Gasteiger partial charge in [-0.25, -0.2) is 4.90 Å². The van der Waals surface area contributed by atoms with E-state index in [2.05, 4.69) is 25.5 Å². The second kappa shape index (κ2) is 18.2. The number of carbonyl (C=O) groups is 2. The average Bonchev–Trinajstić information content (AvgIpc) is 3.17. The van der Waals surface area contributed by atoms with Gasteiger partial charge in [0.25, 0.3) is 11.8 Å². The van der Waals surface area contributed by atoms with E-state index in [-0.39, 0.29) is 11.8 Å². The summed E-state index contributed by atoms with van der Waals surface area (Å²) in [5, 5.41) is 8.52. The van der Waals surface area contributed by atoms with Crippen molar-refractivity contribution in [1.82, 2.24) is 14.9 Å². The van der Waals surface area contributed by atoms with Crippen LogP contribution >= 0.6 is 0 Å². The quantitative estimate of drug-likeness (QED) is 0.0477. The Bertz CT molecular complexity index is 1880. The molecule has 276 valence electrons. The Kier molecular flexibility index (Phi) is 12.9. The molecule has 53 heavy (non-hydrogen) atoms. The van der Waals surface area contributed by atoms with Crippen molar-refractivity contribution in [1.29, 1.82) is 0 Å². The van der Waals surface area contributed by atoms with Crippen molar-refractivity contribution in [3.05, 3.63) is 126 Å². The molecule has 1 aliphatic heterocycles. The van der Waals surface area contributed by atoms with Crippen LogP contribution in [0.1, 0.15) is 59.3 Å². The van der Waals surface area contributed by atoms with Crippen LogP contribution in [0.25, 0.3) is 10.8 Å². The third-order valence-corrected chi connectivity index (χ3v) is 12.2. The standard InChI is InChI=1S/C41H48N6O5Si/c1-4-50-53(51-5-2,52-6-3)28-12-25-45-38-22-21-37-39-35(38)15-11-16-36(39)40(48)47(41(37)49)34-19-17-31(18-20-34)44-26-27-46(29-32-13-7-9-23-42-32)30-33-14-8-10-24-43-33/h7-11,13-24,44-45H,4-6,12,25-30H2,1-3H3. The van der Waals surface area contributed by atoms with Crippen molar-refractivity contribution >= 4 is 48.5 Å². The summed E-state index contributed by atoms with van der Waals surface area (Å²) in [5.41, 5.74) is 5.27. The van der Waals surface area contributed by atoms with Crippen molar-refractivity contribution in [3.63, 3.8) is 0 Å². The molecular formula is C41H48N6O5Si. The molecular weight excluding hydrogens is 685 g/mol. The monoisotopic (exact) mass is 732 g/mol. The minimum atomic E-state index is -2.75. The number of nitrogens with zero attached hydrogens (tertiary/aromatic N) is 4. The number of rotatable bonds is 20. The van der Waals surface area contributed by atoms with Gasteiger partial charge in [0, 0.05) is 104 Å². The van der Waals surface area contributed by atoms with Gasteiger partial charge in [-0.15, -0.1) is 0 Å². The molecule has 0 fully saturated rings. The molecule has 0 spiro atoms. The number of anilines is 3. The molecule has 3 heterocycles. The number of carbonyl (C=O) groups excluding carboxylic acids is 2. The van der Waals surface area contributed by atoms with Gasteiger partial charge < -0.3 is 23.9 Å². The molecule has 11 nitrogen and oxygen atoms in total. The van der Waals surface area contributed by atoms with Gasteiger partial charge in [0.05, 0.1) is 17.1 Å². The molecule has 0 saturated heterocycles. The van der Waals surface area contributed by atoms with Gasteiger partial charge in [0.15, 0.2) is 0 Å². The van der Waals surface area contributed by atoms with Crippen LogP contribution in [0.5, 0.6) is 0 Å². The first-order chi connectivity index (χ1) is 25.9. The van der Waals surface area contributed by atoms with E-state index in [1.165, 1.54) is 4.90 Å². The molecule has 2 aromatic heterocycles. The first-order valence-electron chi connectivity index (χ1n) is 18.4. The van der Waals surface area contributed by atoms with Crippen LogP contribution in [0.3, 0.4) is 0 Å². The van der Waals surface area contributed by atoms with E-state index in [1.807, 2.05) is 118 Å². The van der Waals surface area contributed by atoms with E-state index in [4.69, 9.17) is 13.3 Å². The summed E-state index contributed by atoms with van der Waals surface area (Å²) in [4.78, 5) is 40.4. The van der Waals surface area contributed by atoms with Crippen molar-refractivity contribution < 1.29 is 22.9 Å². The van der Waals surface area contributed by atoms with Crippen LogP contribution in [0.4, 0.5) is 17.1 Å². The molecule has 5 aromatic rings. The number of imide groups is 1. The van der Waals surface area contributed by atoms with Gasteiger partial charge in [-0.2, -0.15) is 0 Å². The van der Waals surface area contributed by atoms with Crippen molar-refractivity contribution in [2.24, 2.45) is 0 Å². The number of benzene rings is 3. The zero-order valence-corrected chi connectivity index (χ0v) is 31.7.